The summed E-state index contributed by atoms with van der Waals surface area (Å²) in [6, 6.07) is 0.719. The zero-order chi connectivity index (χ0) is 9.90. The highest BCUT2D eigenvalue weighted by Gasteiger charge is 2.20. The van der Waals surface area contributed by atoms with Gasteiger partial charge in [-0.15, -0.1) is 0 Å². The van der Waals surface area contributed by atoms with Gasteiger partial charge in [0.15, 0.2) is 0 Å². The minimum atomic E-state index is -0.694. The summed E-state index contributed by atoms with van der Waals surface area (Å²) in [6.45, 7) is 7.01. The van der Waals surface area contributed by atoms with Gasteiger partial charge in [0.1, 0.15) is 0 Å². The first-order chi connectivity index (χ1) is 6.00. The molecule has 0 aromatic carbocycles. The lowest BCUT2D eigenvalue weighted by atomic mass is 9.93. The maximum atomic E-state index is 11.6. The molecule has 1 unspecified atom stereocenters. The van der Waals surface area contributed by atoms with E-state index >= 15 is 0 Å². The Balaban J connectivity index is 2.08. The van der Waals surface area contributed by atoms with Gasteiger partial charge in [-0.2, -0.15) is 0 Å². The van der Waals surface area contributed by atoms with E-state index in [9.17, 15) is 4.21 Å². The highest BCUT2D eigenvalue weighted by Crippen LogP contribution is 2.18. The van der Waals surface area contributed by atoms with Crippen molar-refractivity contribution in [3.8, 4) is 0 Å². The van der Waals surface area contributed by atoms with Crippen LogP contribution in [0.5, 0.6) is 0 Å². The van der Waals surface area contributed by atoms with Gasteiger partial charge in [0.2, 0.25) is 0 Å². The number of rotatable bonds is 4. The van der Waals surface area contributed by atoms with Gasteiger partial charge in [0, 0.05) is 33.9 Å². The molecular formula is C10H21NOS. The molecule has 1 fully saturated rings. The van der Waals surface area contributed by atoms with Crippen molar-refractivity contribution in [2.45, 2.75) is 50.8 Å². The molecule has 0 aromatic rings. The third-order valence-electron chi connectivity index (χ3n) is 2.51. The summed E-state index contributed by atoms with van der Waals surface area (Å²) in [5.74, 6) is 0.792. The van der Waals surface area contributed by atoms with Crippen LogP contribution in [0, 0.1) is 0 Å². The van der Waals surface area contributed by atoms with Crippen LogP contribution >= 0.6 is 0 Å². The van der Waals surface area contributed by atoms with Crippen molar-refractivity contribution >= 4 is 10.8 Å². The largest absolute Gasteiger partial charge is 0.313 e. The van der Waals surface area contributed by atoms with Gasteiger partial charge in [-0.1, -0.05) is 6.42 Å². The van der Waals surface area contributed by atoms with Crippen LogP contribution in [0.2, 0.25) is 0 Å². The summed E-state index contributed by atoms with van der Waals surface area (Å²) in [7, 11) is -0.694. The molecule has 0 amide bonds. The summed E-state index contributed by atoms with van der Waals surface area (Å²) in [4.78, 5) is 0. The molecule has 3 heteroatoms. The molecule has 0 saturated heterocycles. The van der Waals surface area contributed by atoms with E-state index in [1.54, 1.807) is 0 Å². The molecule has 1 N–H and O–H groups in total. The lowest BCUT2D eigenvalue weighted by Crippen LogP contribution is -2.38. The minimum Gasteiger partial charge on any atom is -0.313 e. The molecule has 0 aromatic heterocycles. The fourth-order valence-electron chi connectivity index (χ4n) is 1.27. The van der Waals surface area contributed by atoms with E-state index in [1.165, 1.54) is 19.3 Å². The van der Waals surface area contributed by atoms with E-state index in [0.29, 0.717) is 0 Å². The Kier molecular flexibility index (Phi) is 3.92. The molecule has 1 aliphatic carbocycles. The molecule has 0 aliphatic heterocycles. The van der Waals surface area contributed by atoms with Gasteiger partial charge in [-0.3, -0.25) is 4.21 Å². The maximum absolute atomic E-state index is 11.6. The smallest absolute Gasteiger partial charge is 0.0375 e. The third-order valence-corrected chi connectivity index (χ3v) is 4.45. The van der Waals surface area contributed by atoms with E-state index in [-0.39, 0.29) is 4.75 Å². The van der Waals surface area contributed by atoms with Crippen LogP contribution in [-0.2, 0) is 10.8 Å². The monoisotopic (exact) mass is 203 g/mol. The van der Waals surface area contributed by atoms with Crippen LogP contribution in [0.3, 0.4) is 0 Å². The van der Waals surface area contributed by atoms with Crippen molar-refractivity contribution in [3.05, 3.63) is 0 Å². The molecule has 2 nitrogen and oxygen atoms in total. The Labute approximate surface area is 83.9 Å². The van der Waals surface area contributed by atoms with Crippen LogP contribution in [-0.4, -0.2) is 27.3 Å². The van der Waals surface area contributed by atoms with Gasteiger partial charge in [-0.05, 0) is 33.6 Å². The van der Waals surface area contributed by atoms with Gasteiger partial charge in [0.05, 0.1) is 0 Å². The highest BCUT2D eigenvalue weighted by molar-refractivity contribution is 7.86. The topological polar surface area (TPSA) is 29.1 Å². The molecule has 1 atom stereocenters. The summed E-state index contributed by atoms with van der Waals surface area (Å²) >= 11 is 0. The van der Waals surface area contributed by atoms with Crippen molar-refractivity contribution in [2.24, 2.45) is 0 Å². The second kappa shape index (κ2) is 4.56. The zero-order valence-electron chi connectivity index (χ0n) is 8.93. The molecular weight excluding hydrogens is 182 g/mol. The van der Waals surface area contributed by atoms with Crippen molar-refractivity contribution in [2.75, 3.05) is 12.3 Å². The van der Waals surface area contributed by atoms with Crippen molar-refractivity contribution in [3.63, 3.8) is 0 Å². The van der Waals surface area contributed by atoms with E-state index in [2.05, 4.69) is 5.32 Å². The molecule has 78 valence electrons. The summed E-state index contributed by atoms with van der Waals surface area (Å²) in [5.41, 5.74) is 0. The van der Waals surface area contributed by atoms with E-state index in [1.807, 2.05) is 20.8 Å². The molecule has 0 bridgehead atoms. The molecule has 1 saturated carbocycles. The van der Waals surface area contributed by atoms with Crippen LogP contribution in [0.15, 0.2) is 0 Å². The molecule has 1 aliphatic rings. The van der Waals surface area contributed by atoms with Crippen LogP contribution in [0.4, 0.5) is 0 Å². The van der Waals surface area contributed by atoms with Gasteiger partial charge < -0.3 is 5.32 Å². The zero-order valence-corrected chi connectivity index (χ0v) is 9.75. The SMILES string of the molecule is CC(C)(C)S(=O)CCNC1CCC1. The molecule has 0 spiro atoms. The Hall–Kier alpha value is 0.110. The molecule has 0 heterocycles. The minimum absolute atomic E-state index is 0.0543. The van der Waals surface area contributed by atoms with E-state index in [0.717, 1.165) is 18.3 Å². The first-order valence-corrected chi connectivity index (χ1v) is 6.44. The Morgan fingerprint density at radius 2 is 2.00 bits per heavy atom. The Morgan fingerprint density at radius 3 is 2.38 bits per heavy atom. The lowest BCUT2D eigenvalue weighted by molar-refractivity contribution is 0.347. The third kappa shape index (κ3) is 3.77. The Bertz CT molecular complexity index is 182. The van der Waals surface area contributed by atoms with E-state index < -0.39 is 10.8 Å². The number of nitrogens with one attached hydrogen (secondary N) is 1. The molecule has 13 heavy (non-hydrogen) atoms. The normalized spacial score (nSPS) is 21.2. The van der Waals surface area contributed by atoms with Crippen LogP contribution < -0.4 is 5.32 Å². The predicted octanol–water partition coefficient (Wildman–Crippen LogP) is 1.68. The summed E-state index contributed by atoms with van der Waals surface area (Å²) in [5, 5.41) is 3.43. The second-order valence-electron chi connectivity index (χ2n) is 4.74. The average molecular weight is 203 g/mol. The standard InChI is InChI=1S/C10H21NOS/c1-10(2,3)13(12)8-7-11-9-5-4-6-9/h9,11H,4-8H2,1-3H3. The van der Waals surface area contributed by atoms with Crippen molar-refractivity contribution in [1.82, 2.24) is 5.32 Å². The predicted molar refractivity (Wildman–Crippen MR) is 58.4 cm³/mol. The van der Waals surface area contributed by atoms with E-state index in [4.69, 9.17) is 0 Å². The van der Waals surface area contributed by atoms with Gasteiger partial charge in [-0.25, -0.2) is 0 Å². The summed E-state index contributed by atoms with van der Waals surface area (Å²) in [6.07, 6.45) is 3.98. The number of hydrogen-bond donors (Lipinski definition) is 1. The average Bonchev–Trinajstić information content (AvgIpc) is 1.91. The van der Waals surface area contributed by atoms with Gasteiger partial charge in [0.25, 0.3) is 0 Å². The van der Waals surface area contributed by atoms with Crippen LogP contribution in [0.25, 0.3) is 0 Å². The lowest BCUT2D eigenvalue weighted by Gasteiger charge is -2.27. The quantitative estimate of drug-likeness (QED) is 0.753. The first kappa shape index (κ1) is 11.2. The fourth-order valence-corrected chi connectivity index (χ4v) is 2.19. The Morgan fingerprint density at radius 1 is 1.38 bits per heavy atom. The second-order valence-corrected chi connectivity index (χ2v) is 7.07. The fraction of sp³-hybridized carbons (Fsp3) is 1.00. The maximum Gasteiger partial charge on any atom is 0.0375 e. The van der Waals surface area contributed by atoms with Crippen LogP contribution in [0.1, 0.15) is 40.0 Å². The van der Waals surface area contributed by atoms with Gasteiger partial charge >= 0.3 is 0 Å². The highest BCUT2D eigenvalue weighted by atomic mass is 32.2. The first-order valence-electron chi connectivity index (χ1n) is 5.12. The molecule has 0 radical (unpaired) electrons. The molecule has 1 rings (SSSR count). The summed E-state index contributed by atoms with van der Waals surface area (Å²) < 4.78 is 11.6. The van der Waals surface area contributed by atoms with Crippen molar-refractivity contribution < 1.29 is 4.21 Å². The number of hydrogen-bond acceptors (Lipinski definition) is 2. The van der Waals surface area contributed by atoms with Crippen molar-refractivity contribution in [1.29, 1.82) is 0 Å².